The first-order valence-corrected chi connectivity index (χ1v) is 4.99. The van der Waals surface area contributed by atoms with Gasteiger partial charge in [0.25, 0.3) is 0 Å². The van der Waals surface area contributed by atoms with E-state index < -0.39 is 12.2 Å². The summed E-state index contributed by atoms with van der Waals surface area (Å²) in [5, 5.41) is 19.1. The van der Waals surface area contributed by atoms with Gasteiger partial charge in [-0.1, -0.05) is 12.1 Å². The fourth-order valence-electron chi connectivity index (χ4n) is 1.57. The standard InChI is InChI=1S/C12H18O3/c1-7-5-6-10(11(14)9(3)13)12(15-4)8(7)2/h5-6,9,11,13-14H,1-4H3. The van der Waals surface area contributed by atoms with E-state index >= 15 is 0 Å². The van der Waals surface area contributed by atoms with Crippen LogP contribution in [0, 0.1) is 13.8 Å². The van der Waals surface area contributed by atoms with Crippen LogP contribution >= 0.6 is 0 Å². The molecule has 1 rings (SSSR count). The average molecular weight is 210 g/mol. The number of aliphatic hydroxyl groups is 2. The van der Waals surface area contributed by atoms with Crippen molar-refractivity contribution in [2.75, 3.05) is 7.11 Å². The normalized spacial score (nSPS) is 14.8. The van der Waals surface area contributed by atoms with Crippen molar-refractivity contribution in [3.8, 4) is 5.75 Å². The fourth-order valence-corrected chi connectivity index (χ4v) is 1.57. The van der Waals surface area contributed by atoms with E-state index in [-0.39, 0.29) is 0 Å². The molecule has 1 aromatic rings. The molecule has 84 valence electrons. The lowest BCUT2D eigenvalue weighted by Crippen LogP contribution is -2.15. The Morgan fingerprint density at radius 2 is 1.80 bits per heavy atom. The summed E-state index contributed by atoms with van der Waals surface area (Å²) >= 11 is 0. The van der Waals surface area contributed by atoms with E-state index in [1.165, 1.54) is 0 Å². The van der Waals surface area contributed by atoms with Crippen molar-refractivity contribution in [2.45, 2.75) is 33.0 Å². The Hall–Kier alpha value is -1.06. The van der Waals surface area contributed by atoms with Crippen LogP contribution in [0.1, 0.15) is 29.7 Å². The maximum Gasteiger partial charge on any atom is 0.127 e. The molecule has 0 aliphatic carbocycles. The molecule has 2 N–H and O–H groups in total. The Kier molecular flexibility index (Phi) is 3.72. The van der Waals surface area contributed by atoms with Gasteiger partial charge in [-0.25, -0.2) is 0 Å². The molecule has 0 amide bonds. The number of aryl methyl sites for hydroxylation is 1. The molecule has 2 unspecified atom stereocenters. The Labute approximate surface area is 90.3 Å². The third-order valence-electron chi connectivity index (χ3n) is 2.69. The lowest BCUT2D eigenvalue weighted by Gasteiger charge is -2.19. The zero-order valence-corrected chi connectivity index (χ0v) is 9.61. The monoisotopic (exact) mass is 210 g/mol. The minimum absolute atomic E-state index is 0.635. The molecule has 3 nitrogen and oxygen atoms in total. The molecular formula is C12H18O3. The number of rotatable bonds is 3. The van der Waals surface area contributed by atoms with Crippen LogP contribution in [0.15, 0.2) is 12.1 Å². The molecule has 0 radical (unpaired) electrons. The molecule has 3 heteroatoms. The first kappa shape index (κ1) is 12.0. The Morgan fingerprint density at radius 1 is 1.20 bits per heavy atom. The Morgan fingerprint density at radius 3 is 2.27 bits per heavy atom. The number of methoxy groups -OCH3 is 1. The van der Waals surface area contributed by atoms with Gasteiger partial charge in [0.1, 0.15) is 11.9 Å². The number of aliphatic hydroxyl groups excluding tert-OH is 2. The van der Waals surface area contributed by atoms with Gasteiger partial charge >= 0.3 is 0 Å². The fraction of sp³-hybridized carbons (Fsp3) is 0.500. The van der Waals surface area contributed by atoms with Gasteiger partial charge in [-0.3, -0.25) is 0 Å². The van der Waals surface area contributed by atoms with Crippen LogP contribution in [0.3, 0.4) is 0 Å². The summed E-state index contributed by atoms with van der Waals surface area (Å²) in [5.74, 6) is 0.656. The smallest absolute Gasteiger partial charge is 0.127 e. The van der Waals surface area contributed by atoms with Crippen LogP contribution in [0.25, 0.3) is 0 Å². The Balaban J connectivity index is 3.24. The highest BCUT2D eigenvalue weighted by atomic mass is 16.5. The van der Waals surface area contributed by atoms with Gasteiger partial charge in [-0.15, -0.1) is 0 Å². The molecule has 2 atom stereocenters. The first-order valence-electron chi connectivity index (χ1n) is 4.99. The molecule has 0 aromatic heterocycles. The van der Waals surface area contributed by atoms with Crippen LogP contribution in [0.5, 0.6) is 5.75 Å². The third kappa shape index (κ3) is 2.30. The lowest BCUT2D eigenvalue weighted by molar-refractivity contribution is 0.0290. The van der Waals surface area contributed by atoms with Crippen molar-refractivity contribution in [1.29, 1.82) is 0 Å². The van der Waals surface area contributed by atoms with Crippen LogP contribution in [0.2, 0.25) is 0 Å². The van der Waals surface area contributed by atoms with Crippen LogP contribution < -0.4 is 4.74 Å². The van der Waals surface area contributed by atoms with Crippen LogP contribution in [-0.4, -0.2) is 23.4 Å². The van der Waals surface area contributed by atoms with Crippen molar-refractivity contribution in [2.24, 2.45) is 0 Å². The minimum Gasteiger partial charge on any atom is -0.496 e. The molecule has 0 aliphatic rings. The lowest BCUT2D eigenvalue weighted by atomic mass is 9.98. The summed E-state index contributed by atoms with van der Waals surface area (Å²) in [6, 6.07) is 3.71. The number of hydrogen-bond acceptors (Lipinski definition) is 3. The van der Waals surface area contributed by atoms with Crippen LogP contribution in [-0.2, 0) is 0 Å². The number of hydrogen-bond donors (Lipinski definition) is 2. The first-order chi connectivity index (χ1) is 6.99. The van der Waals surface area contributed by atoms with Crippen molar-refractivity contribution < 1.29 is 14.9 Å². The van der Waals surface area contributed by atoms with E-state index in [1.807, 2.05) is 19.9 Å². The number of ether oxygens (including phenoxy) is 1. The van der Waals surface area contributed by atoms with Gasteiger partial charge in [0.15, 0.2) is 0 Å². The van der Waals surface area contributed by atoms with Gasteiger partial charge < -0.3 is 14.9 Å². The summed E-state index contributed by atoms with van der Waals surface area (Å²) in [4.78, 5) is 0. The van der Waals surface area contributed by atoms with Gasteiger partial charge in [-0.05, 0) is 31.9 Å². The van der Waals surface area contributed by atoms with Crippen LogP contribution in [0.4, 0.5) is 0 Å². The molecular weight excluding hydrogens is 192 g/mol. The van der Waals surface area contributed by atoms with Crippen molar-refractivity contribution in [3.05, 3.63) is 28.8 Å². The van der Waals surface area contributed by atoms with E-state index in [4.69, 9.17) is 4.74 Å². The van der Waals surface area contributed by atoms with E-state index in [1.54, 1.807) is 20.1 Å². The van der Waals surface area contributed by atoms with Crippen molar-refractivity contribution in [1.82, 2.24) is 0 Å². The molecule has 15 heavy (non-hydrogen) atoms. The minimum atomic E-state index is -0.903. The SMILES string of the molecule is COc1c(C(O)C(C)O)ccc(C)c1C. The quantitative estimate of drug-likeness (QED) is 0.798. The van der Waals surface area contributed by atoms with Gasteiger partial charge in [0, 0.05) is 5.56 Å². The molecule has 0 heterocycles. The summed E-state index contributed by atoms with van der Waals surface area (Å²) in [6.45, 7) is 5.47. The van der Waals surface area contributed by atoms with E-state index in [9.17, 15) is 10.2 Å². The summed E-state index contributed by atoms with van der Waals surface area (Å²) in [7, 11) is 1.57. The zero-order chi connectivity index (χ0) is 11.6. The second-order valence-corrected chi connectivity index (χ2v) is 3.82. The molecule has 0 aliphatic heterocycles. The Bertz CT molecular complexity index is 345. The summed E-state index contributed by atoms with van der Waals surface area (Å²) < 4.78 is 5.26. The van der Waals surface area contributed by atoms with Crippen molar-refractivity contribution in [3.63, 3.8) is 0 Å². The highest BCUT2D eigenvalue weighted by Gasteiger charge is 2.19. The predicted octanol–water partition coefficient (Wildman–Crippen LogP) is 1.73. The molecule has 0 fully saturated rings. The van der Waals surface area contributed by atoms with E-state index in [2.05, 4.69) is 0 Å². The molecule has 0 spiro atoms. The highest BCUT2D eigenvalue weighted by molar-refractivity contribution is 5.46. The van der Waals surface area contributed by atoms with Gasteiger partial charge in [-0.2, -0.15) is 0 Å². The molecule has 1 aromatic carbocycles. The topological polar surface area (TPSA) is 49.7 Å². The van der Waals surface area contributed by atoms with E-state index in [0.29, 0.717) is 11.3 Å². The highest BCUT2D eigenvalue weighted by Crippen LogP contribution is 2.32. The maximum absolute atomic E-state index is 9.80. The summed E-state index contributed by atoms with van der Waals surface area (Å²) in [5.41, 5.74) is 2.73. The molecule has 0 saturated heterocycles. The predicted molar refractivity (Wildman–Crippen MR) is 59.1 cm³/mol. The second-order valence-electron chi connectivity index (χ2n) is 3.82. The third-order valence-corrected chi connectivity index (χ3v) is 2.69. The molecule has 0 bridgehead atoms. The maximum atomic E-state index is 9.80. The summed E-state index contributed by atoms with van der Waals surface area (Å²) in [6.07, 6.45) is -1.71. The molecule has 0 saturated carbocycles. The second kappa shape index (κ2) is 4.64. The average Bonchev–Trinajstić information content (AvgIpc) is 2.20. The van der Waals surface area contributed by atoms with E-state index in [0.717, 1.165) is 11.1 Å². The number of benzene rings is 1. The van der Waals surface area contributed by atoms with Gasteiger partial charge in [0.2, 0.25) is 0 Å². The van der Waals surface area contributed by atoms with Crippen molar-refractivity contribution >= 4 is 0 Å². The van der Waals surface area contributed by atoms with Gasteiger partial charge in [0.05, 0.1) is 13.2 Å². The largest absolute Gasteiger partial charge is 0.496 e. The zero-order valence-electron chi connectivity index (χ0n) is 9.61.